The Bertz CT molecular complexity index is 453. The average Bonchev–Trinajstić information content (AvgIpc) is 2.81. The minimum absolute atomic E-state index is 0.110. The normalized spacial score (nSPS) is 23.7. The Labute approximate surface area is 100 Å². The number of nitrogens with one attached hydrogen (secondary N) is 1. The first kappa shape index (κ1) is 12.0. The Kier molecular flexibility index (Phi) is 3.61. The van der Waals surface area contributed by atoms with Crippen molar-refractivity contribution in [1.82, 2.24) is 10.3 Å². The van der Waals surface area contributed by atoms with Crippen LogP contribution in [0.15, 0.2) is 6.20 Å². The summed E-state index contributed by atoms with van der Waals surface area (Å²) >= 11 is 1.69. The fourth-order valence-corrected chi connectivity index (χ4v) is 4.30. The molecule has 0 bridgehead atoms. The zero-order chi connectivity index (χ0) is 11.6. The SMILES string of the molecule is CCc1cnc(CNC2CCS(=O)(=O)C2)s1. The van der Waals surface area contributed by atoms with Crippen molar-refractivity contribution < 1.29 is 8.42 Å². The number of rotatable bonds is 4. The highest BCUT2D eigenvalue weighted by Gasteiger charge is 2.27. The lowest BCUT2D eigenvalue weighted by Crippen LogP contribution is -2.29. The molecule has 1 N–H and O–H groups in total. The molecular formula is C10H16N2O2S2. The lowest BCUT2D eigenvalue weighted by Gasteiger charge is -2.08. The van der Waals surface area contributed by atoms with E-state index in [0.717, 1.165) is 17.8 Å². The van der Waals surface area contributed by atoms with Gasteiger partial charge in [0.2, 0.25) is 0 Å². The van der Waals surface area contributed by atoms with E-state index in [1.54, 1.807) is 11.3 Å². The van der Waals surface area contributed by atoms with Crippen LogP contribution in [0.4, 0.5) is 0 Å². The summed E-state index contributed by atoms with van der Waals surface area (Å²) in [6.07, 6.45) is 3.64. The molecule has 0 spiro atoms. The van der Waals surface area contributed by atoms with Crippen LogP contribution in [0.25, 0.3) is 0 Å². The van der Waals surface area contributed by atoms with Crippen molar-refractivity contribution in [3.63, 3.8) is 0 Å². The van der Waals surface area contributed by atoms with E-state index in [1.807, 2.05) is 6.20 Å². The van der Waals surface area contributed by atoms with E-state index in [4.69, 9.17) is 0 Å². The van der Waals surface area contributed by atoms with Crippen LogP contribution >= 0.6 is 11.3 Å². The van der Waals surface area contributed by atoms with Gasteiger partial charge in [0.25, 0.3) is 0 Å². The molecule has 16 heavy (non-hydrogen) atoms. The third kappa shape index (κ3) is 3.02. The van der Waals surface area contributed by atoms with Gasteiger partial charge in [-0.05, 0) is 12.8 Å². The molecular weight excluding hydrogens is 244 g/mol. The Balaban J connectivity index is 1.84. The Morgan fingerprint density at radius 3 is 3.00 bits per heavy atom. The number of thiazole rings is 1. The second-order valence-corrected chi connectivity index (χ2v) is 7.48. The van der Waals surface area contributed by atoms with Crippen LogP contribution < -0.4 is 5.32 Å². The zero-order valence-electron chi connectivity index (χ0n) is 9.27. The molecule has 0 aromatic carbocycles. The first-order valence-electron chi connectivity index (χ1n) is 5.46. The van der Waals surface area contributed by atoms with E-state index < -0.39 is 9.84 Å². The van der Waals surface area contributed by atoms with E-state index in [9.17, 15) is 8.42 Å². The maximum Gasteiger partial charge on any atom is 0.151 e. The lowest BCUT2D eigenvalue weighted by molar-refractivity contribution is 0.553. The second-order valence-electron chi connectivity index (χ2n) is 4.05. The lowest BCUT2D eigenvalue weighted by atomic mass is 10.3. The minimum Gasteiger partial charge on any atom is -0.307 e. The molecule has 1 aliphatic rings. The van der Waals surface area contributed by atoms with Gasteiger partial charge in [-0.25, -0.2) is 13.4 Å². The van der Waals surface area contributed by atoms with Gasteiger partial charge in [-0.15, -0.1) is 11.3 Å². The molecule has 0 amide bonds. The van der Waals surface area contributed by atoms with E-state index in [-0.39, 0.29) is 11.8 Å². The van der Waals surface area contributed by atoms with Crippen molar-refractivity contribution in [2.45, 2.75) is 32.4 Å². The largest absolute Gasteiger partial charge is 0.307 e. The van der Waals surface area contributed by atoms with Crippen molar-refractivity contribution in [3.05, 3.63) is 16.1 Å². The number of hydrogen-bond donors (Lipinski definition) is 1. The van der Waals surface area contributed by atoms with Crippen LogP contribution in [0.5, 0.6) is 0 Å². The van der Waals surface area contributed by atoms with Crippen molar-refractivity contribution in [2.75, 3.05) is 11.5 Å². The summed E-state index contributed by atoms with van der Waals surface area (Å²) in [5, 5.41) is 4.30. The molecule has 1 fully saturated rings. The van der Waals surface area contributed by atoms with Gasteiger partial charge < -0.3 is 5.32 Å². The molecule has 1 aromatic heterocycles. The Morgan fingerprint density at radius 2 is 2.44 bits per heavy atom. The van der Waals surface area contributed by atoms with Crippen LogP contribution in [0.3, 0.4) is 0 Å². The van der Waals surface area contributed by atoms with Crippen molar-refractivity contribution in [1.29, 1.82) is 0 Å². The van der Waals surface area contributed by atoms with Gasteiger partial charge in [0.1, 0.15) is 5.01 Å². The minimum atomic E-state index is -2.78. The Morgan fingerprint density at radius 1 is 1.62 bits per heavy atom. The molecule has 2 rings (SSSR count). The average molecular weight is 260 g/mol. The van der Waals surface area contributed by atoms with Crippen LogP contribution in [0, 0.1) is 0 Å². The first-order valence-corrected chi connectivity index (χ1v) is 8.10. The van der Waals surface area contributed by atoms with Crippen molar-refractivity contribution in [2.24, 2.45) is 0 Å². The predicted molar refractivity (Wildman–Crippen MR) is 65.4 cm³/mol. The molecule has 6 heteroatoms. The smallest absolute Gasteiger partial charge is 0.151 e. The molecule has 2 heterocycles. The van der Waals surface area contributed by atoms with E-state index in [0.29, 0.717) is 12.3 Å². The molecule has 0 saturated carbocycles. The topological polar surface area (TPSA) is 59.1 Å². The molecule has 1 aliphatic heterocycles. The van der Waals surface area contributed by atoms with Crippen LogP contribution in [-0.4, -0.2) is 30.9 Å². The van der Waals surface area contributed by atoms with Crippen LogP contribution in [0.1, 0.15) is 23.2 Å². The quantitative estimate of drug-likeness (QED) is 0.877. The first-order chi connectivity index (χ1) is 7.59. The molecule has 4 nitrogen and oxygen atoms in total. The summed E-state index contributed by atoms with van der Waals surface area (Å²) in [5.41, 5.74) is 0. The highest BCUT2D eigenvalue weighted by Crippen LogP contribution is 2.15. The fourth-order valence-electron chi connectivity index (χ4n) is 1.78. The summed E-state index contributed by atoms with van der Waals surface area (Å²) < 4.78 is 22.5. The molecule has 1 atom stereocenters. The van der Waals surface area contributed by atoms with Gasteiger partial charge >= 0.3 is 0 Å². The summed E-state index contributed by atoms with van der Waals surface area (Å²) in [6.45, 7) is 2.79. The summed E-state index contributed by atoms with van der Waals surface area (Å²) in [7, 11) is -2.78. The molecule has 1 saturated heterocycles. The van der Waals surface area contributed by atoms with Gasteiger partial charge in [-0.2, -0.15) is 0 Å². The van der Waals surface area contributed by atoms with Gasteiger partial charge in [0, 0.05) is 23.7 Å². The van der Waals surface area contributed by atoms with Crippen LogP contribution in [0.2, 0.25) is 0 Å². The van der Waals surface area contributed by atoms with Crippen molar-refractivity contribution in [3.8, 4) is 0 Å². The number of aryl methyl sites for hydroxylation is 1. The zero-order valence-corrected chi connectivity index (χ0v) is 10.9. The standard InChI is InChI=1S/C10H16N2O2S2/c1-2-9-5-12-10(15-9)6-11-8-3-4-16(13,14)7-8/h5,8,11H,2-4,6-7H2,1H3. The van der Waals surface area contributed by atoms with Crippen molar-refractivity contribution >= 4 is 21.2 Å². The fraction of sp³-hybridized carbons (Fsp3) is 0.700. The van der Waals surface area contributed by atoms with E-state index in [1.165, 1.54) is 4.88 Å². The summed E-state index contributed by atoms with van der Waals surface area (Å²) in [5.74, 6) is 0.599. The molecule has 90 valence electrons. The summed E-state index contributed by atoms with van der Waals surface area (Å²) in [4.78, 5) is 5.56. The van der Waals surface area contributed by atoms with E-state index in [2.05, 4.69) is 17.2 Å². The van der Waals surface area contributed by atoms with Gasteiger partial charge in [0.15, 0.2) is 9.84 Å². The third-order valence-corrected chi connectivity index (χ3v) is 5.63. The van der Waals surface area contributed by atoms with E-state index >= 15 is 0 Å². The number of aromatic nitrogens is 1. The molecule has 1 unspecified atom stereocenters. The third-order valence-electron chi connectivity index (χ3n) is 2.72. The number of nitrogens with zero attached hydrogens (tertiary/aromatic N) is 1. The molecule has 1 aromatic rings. The predicted octanol–water partition coefficient (Wildman–Crippen LogP) is 0.982. The number of hydrogen-bond acceptors (Lipinski definition) is 5. The maximum atomic E-state index is 11.2. The van der Waals surface area contributed by atoms with Gasteiger partial charge in [0.05, 0.1) is 11.5 Å². The highest BCUT2D eigenvalue weighted by molar-refractivity contribution is 7.91. The number of sulfone groups is 1. The van der Waals surface area contributed by atoms with Crippen LogP contribution in [-0.2, 0) is 22.8 Å². The maximum absolute atomic E-state index is 11.2. The van der Waals surface area contributed by atoms with Gasteiger partial charge in [-0.3, -0.25) is 0 Å². The molecule has 0 aliphatic carbocycles. The highest BCUT2D eigenvalue weighted by atomic mass is 32.2. The van der Waals surface area contributed by atoms with Gasteiger partial charge in [-0.1, -0.05) is 6.92 Å². The monoisotopic (exact) mass is 260 g/mol. The Hall–Kier alpha value is -0.460. The summed E-state index contributed by atoms with van der Waals surface area (Å²) in [6, 6.07) is 0.110. The molecule has 0 radical (unpaired) electrons. The second kappa shape index (κ2) is 4.81.